The predicted octanol–water partition coefficient (Wildman–Crippen LogP) is 3.37. The van der Waals surface area contributed by atoms with Gasteiger partial charge in [0.1, 0.15) is 29.4 Å². The Balaban J connectivity index is 1.46. The molecule has 2 N–H and O–H groups in total. The minimum Gasteiger partial charge on any atom is -0.497 e. The molecule has 4 rings (SSSR count). The van der Waals surface area contributed by atoms with Crippen molar-refractivity contribution in [2.45, 2.75) is 12.5 Å². The van der Waals surface area contributed by atoms with Gasteiger partial charge in [-0.25, -0.2) is 14.2 Å². The maximum Gasteiger partial charge on any atom is 0.325 e. The van der Waals surface area contributed by atoms with Crippen LogP contribution in [0.15, 0.2) is 47.8 Å². The van der Waals surface area contributed by atoms with Crippen LogP contribution >= 0.6 is 11.3 Å². The van der Waals surface area contributed by atoms with Crippen LogP contribution in [0.5, 0.6) is 11.5 Å². The summed E-state index contributed by atoms with van der Waals surface area (Å²) in [5.74, 6) is -0.473. The SMILES string of the molecule is COc1ccc(-c2csc(NC(=O)CN3C(=O)NC(C)(c4ccc(F)cc4)C3=O)n2)c(OC)c1. The lowest BCUT2D eigenvalue weighted by Crippen LogP contribution is -2.42. The van der Waals surface area contributed by atoms with Crippen molar-refractivity contribution in [3.8, 4) is 22.8 Å². The number of ether oxygens (including phenoxy) is 2. The molecule has 3 aromatic rings. The summed E-state index contributed by atoms with van der Waals surface area (Å²) >= 11 is 1.19. The van der Waals surface area contributed by atoms with E-state index >= 15 is 0 Å². The van der Waals surface area contributed by atoms with E-state index in [1.54, 1.807) is 30.7 Å². The number of rotatable bonds is 7. The van der Waals surface area contributed by atoms with E-state index in [1.165, 1.54) is 49.6 Å². The van der Waals surface area contributed by atoms with E-state index < -0.39 is 35.7 Å². The topological polar surface area (TPSA) is 110 Å². The van der Waals surface area contributed by atoms with Crippen LogP contribution in [0.25, 0.3) is 11.3 Å². The molecule has 0 saturated carbocycles. The van der Waals surface area contributed by atoms with E-state index in [4.69, 9.17) is 9.47 Å². The number of anilines is 1. The fourth-order valence-electron chi connectivity index (χ4n) is 3.59. The largest absolute Gasteiger partial charge is 0.497 e. The van der Waals surface area contributed by atoms with E-state index in [0.29, 0.717) is 33.5 Å². The standard InChI is InChI=1S/C23H21FN4O5S/c1-23(13-4-6-14(24)7-5-13)20(30)28(22(31)27-23)11-19(29)26-21-25-17(12-34-21)16-9-8-15(32-2)10-18(16)33-3/h4-10,12H,11H2,1-3H3,(H,27,31)(H,25,26,29). The number of imide groups is 1. The first-order valence-corrected chi connectivity index (χ1v) is 11.0. The van der Waals surface area contributed by atoms with Gasteiger partial charge >= 0.3 is 6.03 Å². The molecule has 2 aromatic carbocycles. The molecule has 9 nitrogen and oxygen atoms in total. The summed E-state index contributed by atoms with van der Waals surface area (Å²) in [6.07, 6.45) is 0. The molecule has 1 atom stereocenters. The van der Waals surface area contributed by atoms with Gasteiger partial charge in [0.05, 0.1) is 19.9 Å². The predicted molar refractivity (Wildman–Crippen MR) is 123 cm³/mol. The number of halogens is 1. The molecule has 1 unspecified atom stereocenters. The molecule has 0 aliphatic carbocycles. The second kappa shape index (κ2) is 9.10. The Kier molecular flexibility index (Phi) is 6.20. The Bertz CT molecular complexity index is 1260. The Hall–Kier alpha value is -3.99. The number of aromatic nitrogens is 1. The number of carbonyl (C=O) groups excluding carboxylic acids is 3. The highest BCUT2D eigenvalue weighted by molar-refractivity contribution is 7.14. The lowest BCUT2D eigenvalue weighted by Gasteiger charge is -2.22. The number of nitrogens with one attached hydrogen (secondary N) is 2. The van der Waals surface area contributed by atoms with Gasteiger partial charge in [0.2, 0.25) is 5.91 Å². The van der Waals surface area contributed by atoms with Crippen molar-refractivity contribution in [3.05, 3.63) is 59.2 Å². The van der Waals surface area contributed by atoms with Crippen LogP contribution in [-0.4, -0.2) is 48.5 Å². The molecule has 2 heterocycles. The minimum atomic E-state index is -1.40. The van der Waals surface area contributed by atoms with Crippen LogP contribution in [0, 0.1) is 5.82 Å². The molecule has 1 saturated heterocycles. The van der Waals surface area contributed by atoms with Crippen molar-refractivity contribution >= 4 is 34.3 Å². The first kappa shape index (κ1) is 23.2. The zero-order chi connectivity index (χ0) is 24.5. The van der Waals surface area contributed by atoms with Gasteiger partial charge in [-0.3, -0.25) is 14.5 Å². The molecule has 176 valence electrons. The van der Waals surface area contributed by atoms with Crippen molar-refractivity contribution in [1.82, 2.24) is 15.2 Å². The monoisotopic (exact) mass is 484 g/mol. The van der Waals surface area contributed by atoms with Gasteiger partial charge in [0.15, 0.2) is 5.13 Å². The van der Waals surface area contributed by atoms with Crippen molar-refractivity contribution < 1.29 is 28.2 Å². The van der Waals surface area contributed by atoms with Gasteiger partial charge in [-0.15, -0.1) is 11.3 Å². The lowest BCUT2D eigenvalue weighted by molar-refractivity contribution is -0.133. The third-order valence-electron chi connectivity index (χ3n) is 5.43. The molecule has 4 amide bonds. The Morgan fingerprint density at radius 2 is 1.91 bits per heavy atom. The first-order valence-electron chi connectivity index (χ1n) is 10.1. The summed E-state index contributed by atoms with van der Waals surface area (Å²) in [6, 6.07) is 9.81. The maximum absolute atomic E-state index is 13.3. The number of urea groups is 1. The minimum absolute atomic E-state index is 0.297. The number of benzene rings is 2. The van der Waals surface area contributed by atoms with Crippen molar-refractivity contribution in [2.24, 2.45) is 0 Å². The molecule has 0 radical (unpaired) electrons. The Labute approximate surface area is 198 Å². The summed E-state index contributed by atoms with van der Waals surface area (Å²) in [7, 11) is 3.09. The highest BCUT2D eigenvalue weighted by Crippen LogP contribution is 2.35. The third kappa shape index (κ3) is 4.29. The first-order chi connectivity index (χ1) is 16.2. The quantitative estimate of drug-likeness (QED) is 0.498. The van der Waals surface area contributed by atoms with Gasteiger partial charge in [-0.05, 0) is 36.8 Å². The van der Waals surface area contributed by atoms with E-state index in [-0.39, 0.29) is 0 Å². The number of thiazole rings is 1. The molecule has 0 bridgehead atoms. The van der Waals surface area contributed by atoms with Gasteiger partial charge in [0, 0.05) is 17.0 Å². The molecule has 1 aliphatic rings. The molecular weight excluding hydrogens is 463 g/mol. The van der Waals surface area contributed by atoms with Gasteiger partial charge in [-0.1, -0.05) is 12.1 Å². The van der Waals surface area contributed by atoms with Gasteiger partial charge < -0.3 is 20.1 Å². The zero-order valence-corrected chi connectivity index (χ0v) is 19.4. The number of carbonyl (C=O) groups is 3. The van der Waals surface area contributed by atoms with Crippen molar-refractivity contribution in [3.63, 3.8) is 0 Å². The molecule has 0 spiro atoms. The summed E-state index contributed by atoms with van der Waals surface area (Å²) in [4.78, 5) is 43.2. The van der Waals surface area contributed by atoms with Crippen LogP contribution in [0.3, 0.4) is 0 Å². The van der Waals surface area contributed by atoms with E-state index in [9.17, 15) is 18.8 Å². The summed E-state index contributed by atoms with van der Waals surface area (Å²) in [6.45, 7) is 1.01. The second-order valence-electron chi connectivity index (χ2n) is 7.61. The van der Waals surface area contributed by atoms with E-state index in [0.717, 1.165) is 4.90 Å². The summed E-state index contributed by atoms with van der Waals surface area (Å²) in [5, 5.41) is 7.24. The van der Waals surface area contributed by atoms with Gasteiger partial charge in [0.25, 0.3) is 5.91 Å². The molecule has 34 heavy (non-hydrogen) atoms. The highest BCUT2D eigenvalue weighted by atomic mass is 32.1. The molecule has 1 aliphatic heterocycles. The van der Waals surface area contributed by atoms with E-state index in [1.807, 2.05) is 0 Å². The number of hydrogen-bond acceptors (Lipinski definition) is 7. The van der Waals surface area contributed by atoms with Crippen molar-refractivity contribution in [2.75, 3.05) is 26.1 Å². The average molecular weight is 485 g/mol. The van der Waals surface area contributed by atoms with Gasteiger partial charge in [-0.2, -0.15) is 0 Å². The molecular formula is C23H21FN4O5S. The second-order valence-corrected chi connectivity index (χ2v) is 8.46. The maximum atomic E-state index is 13.3. The Morgan fingerprint density at radius 3 is 2.59 bits per heavy atom. The molecule has 1 fully saturated rings. The fourth-order valence-corrected chi connectivity index (χ4v) is 4.31. The van der Waals surface area contributed by atoms with Crippen LogP contribution < -0.4 is 20.1 Å². The summed E-state index contributed by atoms with van der Waals surface area (Å²) < 4.78 is 23.9. The smallest absolute Gasteiger partial charge is 0.325 e. The fraction of sp³-hybridized carbons (Fsp3) is 0.217. The highest BCUT2D eigenvalue weighted by Gasteiger charge is 2.49. The van der Waals surface area contributed by atoms with Crippen LogP contribution in [0.1, 0.15) is 12.5 Å². The van der Waals surface area contributed by atoms with Crippen LogP contribution in [0.2, 0.25) is 0 Å². The summed E-state index contributed by atoms with van der Waals surface area (Å²) in [5.41, 5.74) is 0.306. The Morgan fingerprint density at radius 1 is 1.18 bits per heavy atom. The normalized spacial score (nSPS) is 17.5. The van der Waals surface area contributed by atoms with Crippen LogP contribution in [-0.2, 0) is 15.1 Å². The van der Waals surface area contributed by atoms with Crippen molar-refractivity contribution in [1.29, 1.82) is 0 Å². The molecule has 11 heteroatoms. The number of hydrogen-bond donors (Lipinski definition) is 2. The van der Waals surface area contributed by atoms with E-state index in [2.05, 4.69) is 15.6 Å². The lowest BCUT2D eigenvalue weighted by atomic mass is 9.92. The molecule has 1 aromatic heterocycles. The van der Waals surface area contributed by atoms with Crippen LogP contribution in [0.4, 0.5) is 14.3 Å². The zero-order valence-electron chi connectivity index (χ0n) is 18.5. The average Bonchev–Trinajstić information content (AvgIpc) is 3.37. The number of amides is 4. The number of nitrogens with zero attached hydrogens (tertiary/aromatic N) is 2. The third-order valence-corrected chi connectivity index (χ3v) is 6.19. The number of methoxy groups -OCH3 is 2.